The molecule has 4 rings (SSSR count). The van der Waals surface area contributed by atoms with E-state index in [0.29, 0.717) is 10.5 Å². The first-order valence-electron chi connectivity index (χ1n) is 9.89. The van der Waals surface area contributed by atoms with E-state index in [4.69, 9.17) is 4.84 Å². The number of aliphatic carboxylic acids is 1. The van der Waals surface area contributed by atoms with Crippen molar-refractivity contribution in [2.75, 3.05) is 18.6 Å². The number of thiophene rings is 1. The molecule has 2 aromatic heterocycles. The summed E-state index contributed by atoms with van der Waals surface area (Å²) in [6.45, 7) is 0. The summed E-state index contributed by atoms with van der Waals surface area (Å²) >= 11 is 3.64. The Labute approximate surface area is 209 Å². The standard InChI is InChI=1S/C19H18N6O7S3/c1-24-19(21-14(27)15(28)22-24)35-7-8-6-34-17-11(16(29)25(17)12(8)18(30)31)20-13(26)10(23-32-2)9-4-3-5-33-9/h3-5,11,17H,6-7H2,1-2H3,(H,20,26)(H,22,28)(H,30,31)/t11-,17-/m1/s1. The van der Waals surface area contributed by atoms with Gasteiger partial charge in [-0.2, -0.15) is 4.98 Å². The number of hydrogen-bond acceptors (Lipinski definition) is 11. The van der Waals surface area contributed by atoms with Crippen molar-refractivity contribution in [2.45, 2.75) is 16.6 Å². The van der Waals surface area contributed by atoms with Crippen molar-refractivity contribution in [1.29, 1.82) is 0 Å². The van der Waals surface area contributed by atoms with Gasteiger partial charge < -0.3 is 15.3 Å². The number of carboxylic acids is 1. The Hall–Kier alpha value is -3.37. The summed E-state index contributed by atoms with van der Waals surface area (Å²) in [6, 6.07) is 2.50. The molecule has 0 aliphatic carbocycles. The third kappa shape index (κ3) is 4.76. The number of thioether (sulfide) groups is 2. The lowest BCUT2D eigenvalue weighted by molar-refractivity contribution is -0.150. The number of nitrogens with zero attached hydrogens (tertiary/aromatic N) is 4. The molecule has 1 saturated heterocycles. The van der Waals surface area contributed by atoms with Gasteiger partial charge in [0.05, 0.1) is 4.88 Å². The van der Waals surface area contributed by atoms with Crippen LogP contribution in [-0.2, 0) is 26.3 Å². The van der Waals surface area contributed by atoms with Gasteiger partial charge in [-0.05, 0) is 17.0 Å². The maximum absolute atomic E-state index is 12.9. The summed E-state index contributed by atoms with van der Waals surface area (Å²) < 4.78 is 1.27. The van der Waals surface area contributed by atoms with Gasteiger partial charge in [0.1, 0.15) is 24.2 Å². The minimum absolute atomic E-state index is 0.0136. The van der Waals surface area contributed by atoms with E-state index in [1.54, 1.807) is 17.5 Å². The van der Waals surface area contributed by atoms with Gasteiger partial charge in [-0.25, -0.2) is 4.79 Å². The fourth-order valence-electron chi connectivity index (χ4n) is 3.45. The first kappa shape index (κ1) is 24.7. The number of aromatic nitrogens is 3. The van der Waals surface area contributed by atoms with Crippen molar-refractivity contribution in [2.24, 2.45) is 12.2 Å². The molecule has 2 atom stereocenters. The zero-order valence-corrected chi connectivity index (χ0v) is 20.7. The highest BCUT2D eigenvalue weighted by molar-refractivity contribution is 8.01. The van der Waals surface area contributed by atoms with Crippen LogP contribution in [0.1, 0.15) is 4.88 Å². The Morgan fingerprint density at radius 3 is 2.83 bits per heavy atom. The number of carbonyl (C=O) groups excluding carboxylic acids is 2. The van der Waals surface area contributed by atoms with Gasteiger partial charge >= 0.3 is 17.1 Å². The maximum Gasteiger partial charge on any atom is 0.352 e. The number of amides is 2. The molecule has 2 amide bonds. The second-order valence-corrected chi connectivity index (χ2v) is 10.2. The van der Waals surface area contributed by atoms with Gasteiger partial charge in [-0.3, -0.25) is 33.9 Å². The predicted molar refractivity (Wildman–Crippen MR) is 128 cm³/mol. The molecule has 2 aliphatic heterocycles. The number of aryl methyl sites for hydroxylation is 1. The average Bonchev–Trinajstić information content (AvgIpc) is 3.36. The zero-order chi connectivity index (χ0) is 25.3. The second kappa shape index (κ2) is 10.1. The number of β-lactam (4-membered cyclic amide) rings is 1. The lowest BCUT2D eigenvalue weighted by Crippen LogP contribution is -2.71. The third-order valence-corrected chi connectivity index (χ3v) is 8.34. The van der Waals surface area contributed by atoms with Gasteiger partial charge in [0, 0.05) is 18.6 Å². The molecule has 3 N–H and O–H groups in total. The van der Waals surface area contributed by atoms with Crippen molar-refractivity contribution < 1.29 is 24.3 Å². The van der Waals surface area contributed by atoms with Crippen LogP contribution in [0.2, 0.25) is 0 Å². The van der Waals surface area contributed by atoms with Crippen LogP contribution in [-0.4, -0.2) is 78.3 Å². The van der Waals surface area contributed by atoms with Gasteiger partial charge in [0.15, 0.2) is 10.9 Å². The van der Waals surface area contributed by atoms with E-state index in [-0.39, 0.29) is 28.1 Å². The summed E-state index contributed by atoms with van der Waals surface area (Å²) in [7, 11) is 2.80. The number of carboxylic acid groups (broad SMARTS) is 1. The number of carbonyl (C=O) groups is 3. The Bertz CT molecular complexity index is 1360. The maximum atomic E-state index is 12.9. The minimum Gasteiger partial charge on any atom is -0.477 e. The van der Waals surface area contributed by atoms with Crippen LogP contribution >= 0.6 is 34.9 Å². The van der Waals surface area contributed by atoms with Crippen LogP contribution in [0.15, 0.2) is 48.7 Å². The van der Waals surface area contributed by atoms with E-state index in [9.17, 15) is 29.1 Å². The smallest absolute Gasteiger partial charge is 0.352 e. The molecule has 4 heterocycles. The van der Waals surface area contributed by atoms with Crippen LogP contribution in [0, 0.1) is 0 Å². The predicted octanol–water partition coefficient (Wildman–Crippen LogP) is -0.588. The van der Waals surface area contributed by atoms with Crippen molar-refractivity contribution in [3.8, 4) is 0 Å². The van der Waals surface area contributed by atoms with Crippen molar-refractivity contribution in [1.82, 2.24) is 25.0 Å². The van der Waals surface area contributed by atoms with Crippen LogP contribution in [0.5, 0.6) is 0 Å². The fourth-order valence-corrected chi connectivity index (χ4v) is 6.55. The molecule has 35 heavy (non-hydrogen) atoms. The molecular formula is C19H18N6O7S3. The largest absolute Gasteiger partial charge is 0.477 e. The molecule has 0 unspecified atom stereocenters. The average molecular weight is 539 g/mol. The van der Waals surface area contributed by atoms with Gasteiger partial charge in [-0.15, -0.1) is 23.1 Å². The summed E-state index contributed by atoms with van der Waals surface area (Å²) in [4.78, 5) is 70.8. The minimum atomic E-state index is -1.28. The third-order valence-electron chi connectivity index (χ3n) is 5.01. The Morgan fingerprint density at radius 2 is 2.17 bits per heavy atom. The van der Waals surface area contributed by atoms with E-state index >= 15 is 0 Å². The number of aromatic amines is 1. The number of H-pyrrole nitrogens is 1. The highest BCUT2D eigenvalue weighted by atomic mass is 32.2. The van der Waals surface area contributed by atoms with Crippen molar-refractivity contribution in [3.05, 3.63) is 54.4 Å². The molecule has 2 aliphatic rings. The summed E-state index contributed by atoms with van der Waals surface area (Å²) in [5, 5.41) is 19.9. The molecule has 0 bridgehead atoms. The van der Waals surface area contributed by atoms with E-state index < -0.39 is 40.3 Å². The lowest BCUT2D eigenvalue weighted by atomic mass is 10.0. The van der Waals surface area contributed by atoms with E-state index in [1.807, 2.05) is 0 Å². The molecule has 0 radical (unpaired) electrons. The molecule has 184 valence electrons. The molecular weight excluding hydrogens is 520 g/mol. The van der Waals surface area contributed by atoms with Gasteiger partial charge in [0.2, 0.25) is 0 Å². The zero-order valence-electron chi connectivity index (χ0n) is 18.2. The van der Waals surface area contributed by atoms with Crippen LogP contribution in [0.3, 0.4) is 0 Å². The van der Waals surface area contributed by atoms with Crippen molar-refractivity contribution >= 4 is 58.4 Å². The Morgan fingerprint density at radius 1 is 1.40 bits per heavy atom. The summed E-state index contributed by atoms with van der Waals surface area (Å²) in [5.74, 6) is -2.06. The molecule has 0 spiro atoms. The SMILES string of the molecule is CON=C(C(=O)N[C@@H]1C(=O)N2C(C(=O)O)=C(CSc3nc(=O)c(=O)[nH]n3C)CS[C@H]12)c1cccs1. The van der Waals surface area contributed by atoms with E-state index in [0.717, 1.165) is 16.7 Å². The van der Waals surface area contributed by atoms with E-state index in [2.05, 4.69) is 20.6 Å². The van der Waals surface area contributed by atoms with Crippen LogP contribution < -0.4 is 16.4 Å². The number of oxime groups is 1. The topological polar surface area (TPSA) is 176 Å². The number of fused-ring (bicyclic) bond motifs is 1. The number of hydrogen-bond donors (Lipinski definition) is 3. The first-order chi connectivity index (χ1) is 16.7. The molecule has 2 aromatic rings. The second-order valence-electron chi connectivity index (χ2n) is 7.21. The molecule has 16 heteroatoms. The Balaban J connectivity index is 1.51. The molecule has 1 fully saturated rings. The fraction of sp³-hybridized carbons (Fsp3) is 0.316. The van der Waals surface area contributed by atoms with Crippen molar-refractivity contribution in [3.63, 3.8) is 0 Å². The molecule has 0 aromatic carbocycles. The summed E-state index contributed by atoms with van der Waals surface area (Å²) in [5.41, 5.74) is -1.53. The highest BCUT2D eigenvalue weighted by Gasteiger charge is 2.54. The highest BCUT2D eigenvalue weighted by Crippen LogP contribution is 2.41. The summed E-state index contributed by atoms with van der Waals surface area (Å²) in [6.07, 6.45) is 0. The Kier molecular flexibility index (Phi) is 7.13. The first-order valence-corrected chi connectivity index (χ1v) is 12.8. The van der Waals surface area contributed by atoms with Gasteiger partial charge in [-0.1, -0.05) is 23.0 Å². The van der Waals surface area contributed by atoms with Crippen LogP contribution in [0.25, 0.3) is 0 Å². The quantitative estimate of drug-likeness (QED) is 0.129. The normalized spacial score (nSPS) is 19.8. The van der Waals surface area contributed by atoms with Gasteiger partial charge in [0.25, 0.3) is 11.8 Å². The molecule has 0 saturated carbocycles. The monoisotopic (exact) mass is 538 g/mol. The molecule has 13 nitrogen and oxygen atoms in total. The van der Waals surface area contributed by atoms with E-state index in [1.165, 1.54) is 41.9 Å². The number of nitrogens with one attached hydrogen (secondary N) is 2. The number of rotatable bonds is 8. The lowest BCUT2D eigenvalue weighted by Gasteiger charge is -2.49. The van der Waals surface area contributed by atoms with Crippen LogP contribution in [0.4, 0.5) is 0 Å².